The summed E-state index contributed by atoms with van der Waals surface area (Å²) in [6.45, 7) is 0. The molecular formula is C29H24O3. The Bertz CT molecular complexity index is 1020. The van der Waals surface area contributed by atoms with E-state index in [1.54, 1.807) is 0 Å². The van der Waals surface area contributed by atoms with Crippen LogP contribution in [0.5, 0.6) is 0 Å². The summed E-state index contributed by atoms with van der Waals surface area (Å²) in [6, 6.07) is 39.8. The Kier molecular flexibility index (Phi) is 5.12. The first kappa shape index (κ1) is 20.2. The first-order chi connectivity index (χ1) is 15.7. The highest BCUT2D eigenvalue weighted by Gasteiger charge is 2.71. The molecule has 3 nitrogen and oxygen atoms in total. The third kappa shape index (κ3) is 2.89. The van der Waals surface area contributed by atoms with Crippen molar-refractivity contribution in [3.05, 3.63) is 144 Å². The SMILES string of the molecule is COC(=O)C1C(c2ccccc2)(c2ccccc2)OC1(c1ccccc1)c1ccccc1. The van der Waals surface area contributed by atoms with E-state index in [1.807, 2.05) is 121 Å². The lowest BCUT2D eigenvalue weighted by Crippen LogP contribution is -2.68. The van der Waals surface area contributed by atoms with Gasteiger partial charge in [-0.15, -0.1) is 0 Å². The van der Waals surface area contributed by atoms with Gasteiger partial charge in [0, 0.05) is 0 Å². The van der Waals surface area contributed by atoms with Gasteiger partial charge in [-0.3, -0.25) is 4.79 Å². The van der Waals surface area contributed by atoms with E-state index in [2.05, 4.69) is 0 Å². The standard InChI is InChI=1S/C29H24O3/c1-31-27(30)26-28(22-14-6-2-7-15-22,23-16-8-3-9-17-23)32-29(26,24-18-10-4-11-19-24)25-20-12-5-13-21-25/h2-21,26H,1H3. The Morgan fingerprint density at radius 1 is 0.594 bits per heavy atom. The van der Waals surface area contributed by atoms with Crippen LogP contribution in [0.1, 0.15) is 22.3 Å². The van der Waals surface area contributed by atoms with Crippen LogP contribution in [-0.4, -0.2) is 13.1 Å². The van der Waals surface area contributed by atoms with E-state index in [1.165, 1.54) is 7.11 Å². The lowest BCUT2D eigenvalue weighted by Gasteiger charge is -2.61. The highest BCUT2D eigenvalue weighted by atomic mass is 16.6. The molecule has 0 N–H and O–H groups in total. The molecule has 0 radical (unpaired) electrons. The normalized spacial score (nSPS) is 16.7. The van der Waals surface area contributed by atoms with Gasteiger partial charge in [0.05, 0.1) is 7.11 Å². The summed E-state index contributed by atoms with van der Waals surface area (Å²) in [5.74, 6) is -0.939. The molecule has 4 aromatic rings. The molecule has 1 heterocycles. The van der Waals surface area contributed by atoms with Crippen LogP contribution in [0.4, 0.5) is 0 Å². The zero-order valence-corrected chi connectivity index (χ0v) is 17.8. The van der Waals surface area contributed by atoms with Crippen molar-refractivity contribution in [1.82, 2.24) is 0 Å². The van der Waals surface area contributed by atoms with E-state index in [4.69, 9.17) is 9.47 Å². The predicted molar refractivity (Wildman–Crippen MR) is 124 cm³/mol. The van der Waals surface area contributed by atoms with Crippen molar-refractivity contribution in [2.24, 2.45) is 5.92 Å². The summed E-state index contributed by atoms with van der Waals surface area (Å²) in [7, 11) is 1.45. The van der Waals surface area contributed by atoms with Crippen LogP contribution in [0.2, 0.25) is 0 Å². The molecule has 3 heteroatoms. The average Bonchev–Trinajstić information content (AvgIpc) is 2.86. The van der Waals surface area contributed by atoms with Crippen LogP contribution in [0.3, 0.4) is 0 Å². The van der Waals surface area contributed by atoms with Crippen LogP contribution in [0.25, 0.3) is 0 Å². The van der Waals surface area contributed by atoms with Crippen molar-refractivity contribution < 1.29 is 14.3 Å². The van der Waals surface area contributed by atoms with Gasteiger partial charge >= 0.3 is 5.97 Å². The van der Waals surface area contributed by atoms with Gasteiger partial charge in [0.2, 0.25) is 0 Å². The van der Waals surface area contributed by atoms with Gasteiger partial charge in [0.25, 0.3) is 0 Å². The second-order valence-corrected chi connectivity index (χ2v) is 7.99. The van der Waals surface area contributed by atoms with Crippen LogP contribution < -0.4 is 0 Å². The van der Waals surface area contributed by atoms with Crippen molar-refractivity contribution in [2.75, 3.05) is 7.11 Å². The molecule has 0 amide bonds. The average molecular weight is 421 g/mol. The highest BCUT2D eigenvalue weighted by molar-refractivity contribution is 5.81. The highest BCUT2D eigenvalue weighted by Crippen LogP contribution is 2.64. The van der Waals surface area contributed by atoms with Crippen molar-refractivity contribution in [3.63, 3.8) is 0 Å². The number of hydrogen-bond donors (Lipinski definition) is 0. The third-order valence-electron chi connectivity index (χ3n) is 6.38. The molecule has 1 aliphatic rings. The molecule has 32 heavy (non-hydrogen) atoms. The minimum Gasteiger partial charge on any atom is -0.469 e. The van der Waals surface area contributed by atoms with Crippen molar-refractivity contribution >= 4 is 5.97 Å². The lowest BCUT2D eigenvalue weighted by molar-refractivity contribution is -0.298. The first-order valence-corrected chi connectivity index (χ1v) is 10.7. The Balaban J connectivity index is 1.82. The zero-order valence-electron chi connectivity index (χ0n) is 17.8. The molecule has 1 fully saturated rings. The molecule has 5 rings (SSSR count). The Morgan fingerprint density at radius 2 is 0.875 bits per heavy atom. The fourth-order valence-corrected chi connectivity index (χ4v) is 5.03. The summed E-state index contributed by atoms with van der Waals surface area (Å²) in [4.78, 5) is 13.6. The first-order valence-electron chi connectivity index (χ1n) is 10.7. The van der Waals surface area contributed by atoms with Gasteiger partial charge in [0.1, 0.15) is 17.1 Å². The lowest BCUT2D eigenvalue weighted by atomic mass is 9.58. The summed E-state index contributed by atoms with van der Waals surface area (Å²) in [5.41, 5.74) is 1.71. The van der Waals surface area contributed by atoms with E-state index in [0.29, 0.717) is 0 Å². The molecule has 1 saturated heterocycles. The summed E-state index contributed by atoms with van der Waals surface area (Å²) < 4.78 is 12.5. The molecule has 0 aliphatic carbocycles. The van der Waals surface area contributed by atoms with Crippen molar-refractivity contribution in [1.29, 1.82) is 0 Å². The monoisotopic (exact) mass is 420 g/mol. The van der Waals surface area contributed by atoms with Gasteiger partial charge in [-0.25, -0.2) is 0 Å². The number of carbonyl (C=O) groups excluding carboxylic acids is 1. The van der Waals surface area contributed by atoms with Gasteiger partial charge in [-0.2, -0.15) is 0 Å². The molecular weight excluding hydrogens is 396 g/mol. The van der Waals surface area contributed by atoms with Crippen molar-refractivity contribution in [2.45, 2.75) is 11.2 Å². The molecule has 158 valence electrons. The fourth-order valence-electron chi connectivity index (χ4n) is 5.03. The molecule has 0 atom stereocenters. The van der Waals surface area contributed by atoms with E-state index in [0.717, 1.165) is 22.3 Å². The zero-order chi connectivity index (χ0) is 22.0. The van der Waals surface area contributed by atoms with Gasteiger partial charge in [-0.1, -0.05) is 121 Å². The van der Waals surface area contributed by atoms with E-state index in [9.17, 15) is 4.79 Å². The van der Waals surface area contributed by atoms with E-state index >= 15 is 0 Å². The maximum atomic E-state index is 13.6. The second kappa shape index (κ2) is 8.10. The number of methoxy groups -OCH3 is 1. The van der Waals surface area contributed by atoms with Crippen molar-refractivity contribution in [3.8, 4) is 0 Å². The number of rotatable bonds is 5. The number of hydrogen-bond acceptors (Lipinski definition) is 3. The third-order valence-corrected chi connectivity index (χ3v) is 6.38. The topological polar surface area (TPSA) is 35.5 Å². The molecule has 1 aliphatic heterocycles. The molecule has 0 aromatic heterocycles. The maximum Gasteiger partial charge on any atom is 0.316 e. The minimum atomic E-state index is -0.985. The predicted octanol–water partition coefficient (Wildman–Crippen LogP) is 5.69. The fraction of sp³-hybridized carbons (Fsp3) is 0.138. The van der Waals surface area contributed by atoms with E-state index < -0.39 is 17.1 Å². The Morgan fingerprint density at radius 3 is 1.12 bits per heavy atom. The number of ether oxygens (including phenoxy) is 2. The second-order valence-electron chi connectivity index (χ2n) is 7.99. The van der Waals surface area contributed by atoms with Gasteiger partial charge < -0.3 is 9.47 Å². The molecule has 0 unspecified atom stereocenters. The summed E-state index contributed by atoms with van der Waals surface area (Å²) >= 11 is 0. The largest absolute Gasteiger partial charge is 0.469 e. The number of benzene rings is 4. The molecule has 0 bridgehead atoms. The van der Waals surface area contributed by atoms with Gasteiger partial charge in [0.15, 0.2) is 0 Å². The van der Waals surface area contributed by atoms with Crippen LogP contribution in [-0.2, 0) is 25.5 Å². The van der Waals surface area contributed by atoms with Crippen LogP contribution in [0, 0.1) is 5.92 Å². The van der Waals surface area contributed by atoms with Crippen LogP contribution >= 0.6 is 0 Å². The molecule has 0 saturated carbocycles. The van der Waals surface area contributed by atoms with E-state index in [-0.39, 0.29) is 5.97 Å². The maximum absolute atomic E-state index is 13.6. The Hall–Kier alpha value is -3.69. The quantitative estimate of drug-likeness (QED) is 0.389. The van der Waals surface area contributed by atoms with Gasteiger partial charge in [-0.05, 0) is 22.3 Å². The van der Waals surface area contributed by atoms with Crippen LogP contribution in [0.15, 0.2) is 121 Å². The smallest absolute Gasteiger partial charge is 0.316 e. The minimum absolute atomic E-state index is 0.309. The number of carbonyl (C=O) groups is 1. The Labute approximate surface area is 188 Å². The summed E-state index contributed by atoms with van der Waals surface area (Å²) in [6.07, 6.45) is 0. The molecule has 4 aromatic carbocycles. The number of esters is 1. The summed E-state index contributed by atoms with van der Waals surface area (Å²) in [5, 5.41) is 0. The molecule has 0 spiro atoms.